The second kappa shape index (κ2) is 3.25. The number of thiocarbonyl (C=S) groups is 1. The van der Waals surface area contributed by atoms with Gasteiger partial charge < -0.3 is 10.1 Å². The van der Waals surface area contributed by atoms with E-state index in [1.807, 2.05) is 6.92 Å². The highest BCUT2D eigenvalue weighted by molar-refractivity contribution is 7.80. The van der Waals surface area contributed by atoms with Crippen molar-refractivity contribution in [3.8, 4) is 0 Å². The number of hydrogen-bond donors (Lipinski definition) is 1. The summed E-state index contributed by atoms with van der Waals surface area (Å²) in [6.07, 6.45) is 0.175. The van der Waals surface area contributed by atoms with Crippen molar-refractivity contribution in [1.82, 2.24) is 5.32 Å². The SMILES string of the molecule is CC(=S)C1CNCCO1. The largest absolute Gasteiger partial charge is 0.370 e. The van der Waals surface area contributed by atoms with Crippen LogP contribution < -0.4 is 5.32 Å². The Morgan fingerprint density at radius 3 is 2.89 bits per heavy atom. The molecule has 1 fully saturated rings. The van der Waals surface area contributed by atoms with Crippen molar-refractivity contribution < 1.29 is 4.74 Å². The van der Waals surface area contributed by atoms with Gasteiger partial charge in [-0.2, -0.15) is 0 Å². The topological polar surface area (TPSA) is 21.3 Å². The molecule has 0 bridgehead atoms. The number of hydrogen-bond acceptors (Lipinski definition) is 3. The van der Waals surface area contributed by atoms with E-state index in [0.717, 1.165) is 24.6 Å². The molecule has 1 atom stereocenters. The van der Waals surface area contributed by atoms with E-state index in [0.29, 0.717) is 0 Å². The minimum absolute atomic E-state index is 0.175. The number of nitrogens with one attached hydrogen (secondary N) is 1. The van der Waals surface area contributed by atoms with Crippen LogP contribution in [-0.2, 0) is 4.74 Å². The lowest BCUT2D eigenvalue weighted by atomic mass is 10.2. The van der Waals surface area contributed by atoms with Gasteiger partial charge in [-0.3, -0.25) is 0 Å². The second-order valence-corrected chi connectivity index (χ2v) is 2.82. The molecule has 0 aromatic rings. The smallest absolute Gasteiger partial charge is 0.101 e. The molecule has 0 radical (unpaired) electrons. The summed E-state index contributed by atoms with van der Waals surface area (Å²) in [4.78, 5) is 0.946. The Morgan fingerprint density at radius 2 is 2.56 bits per heavy atom. The maximum Gasteiger partial charge on any atom is 0.101 e. The van der Waals surface area contributed by atoms with Crippen LogP contribution in [0.1, 0.15) is 6.92 Å². The second-order valence-electron chi connectivity index (χ2n) is 2.17. The van der Waals surface area contributed by atoms with Gasteiger partial charge in [0.15, 0.2) is 0 Å². The van der Waals surface area contributed by atoms with Crippen molar-refractivity contribution in [3.05, 3.63) is 0 Å². The summed E-state index contributed by atoms with van der Waals surface area (Å²) in [5, 5.41) is 3.20. The average Bonchev–Trinajstić information content (AvgIpc) is 1.90. The standard InChI is InChI=1S/C6H11NOS/c1-5(9)6-4-7-2-3-8-6/h6-7H,2-4H2,1H3. The van der Waals surface area contributed by atoms with E-state index in [1.165, 1.54) is 0 Å². The summed E-state index contributed by atoms with van der Waals surface area (Å²) in [6.45, 7) is 4.56. The fourth-order valence-electron chi connectivity index (χ4n) is 0.827. The van der Waals surface area contributed by atoms with Crippen molar-refractivity contribution in [1.29, 1.82) is 0 Å². The first kappa shape index (κ1) is 7.12. The first-order valence-corrected chi connectivity index (χ1v) is 3.54. The Bertz CT molecular complexity index is 110. The lowest BCUT2D eigenvalue weighted by Crippen LogP contribution is -2.41. The third-order valence-corrected chi connectivity index (χ3v) is 1.64. The maximum absolute atomic E-state index is 5.34. The summed E-state index contributed by atoms with van der Waals surface area (Å²) < 4.78 is 5.34. The zero-order chi connectivity index (χ0) is 6.69. The monoisotopic (exact) mass is 145 g/mol. The molecule has 0 aliphatic carbocycles. The summed E-state index contributed by atoms with van der Waals surface area (Å²) in [6, 6.07) is 0. The van der Waals surface area contributed by atoms with Gasteiger partial charge in [0.25, 0.3) is 0 Å². The molecule has 0 amide bonds. The average molecular weight is 145 g/mol. The number of rotatable bonds is 1. The third kappa shape index (κ3) is 2.01. The van der Waals surface area contributed by atoms with Gasteiger partial charge in [-0.25, -0.2) is 0 Å². The van der Waals surface area contributed by atoms with E-state index >= 15 is 0 Å². The Labute approximate surface area is 60.6 Å². The van der Waals surface area contributed by atoms with Gasteiger partial charge in [0, 0.05) is 18.0 Å². The molecule has 1 N–H and O–H groups in total. The molecule has 0 aromatic carbocycles. The van der Waals surface area contributed by atoms with Crippen LogP contribution in [0.2, 0.25) is 0 Å². The van der Waals surface area contributed by atoms with Crippen LogP contribution >= 0.6 is 12.2 Å². The first-order valence-electron chi connectivity index (χ1n) is 3.13. The van der Waals surface area contributed by atoms with Gasteiger partial charge in [-0.05, 0) is 6.92 Å². The Balaban J connectivity index is 2.31. The molecule has 1 rings (SSSR count). The van der Waals surface area contributed by atoms with Gasteiger partial charge in [-0.1, -0.05) is 12.2 Å². The summed E-state index contributed by atoms with van der Waals surface area (Å²) in [5.74, 6) is 0. The van der Waals surface area contributed by atoms with Crippen molar-refractivity contribution in [2.24, 2.45) is 0 Å². The molecule has 1 saturated heterocycles. The molecule has 0 saturated carbocycles. The van der Waals surface area contributed by atoms with Gasteiger partial charge in [0.1, 0.15) is 6.10 Å². The van der Waals surface area contributed by atoms with Crippen LogP contribution in [0, 0.1) is 0 Å². The molecular formula is C6H11NOS. The van der Waals surface area contributed by atoms with Crippen LogP contribution in [-0.4, -0.2) is 30.7 Å². The molecule has 2 nitrogen and oxygen atoms in total. The minimum Gasteiger partial charge on any atom is -0.370 e. The van der Waals surface area contributed by atoms with E-state index in [9.17, 15) is 0 Å². The van der Waals surface area contributed by atoms with Gasteiger partial charge in [0.05, 0.1) is 6.61 Å². The van der Waals surface area contributed by atoms with E-state index in [4.69, 9.17) is 17.0 Å². The van der Waals surface area contributed by atoms with E-state index in [-0.39, 0.29) is 6.10 Å². The lowest BCUT2D eigenvalue weighted by molar-refractivity contribution is 0.0723. The molecule has 0 aromatic heterocycles. The predicted molar refractivity (Wildman–Crippen MR) is 40.9 cm³/mol. The third-order valence-electron chi connectivity index (χ3n) is 1.38. The quantitative estimate of drug-likeness (QED) is 0.538. The van der Waals surface area contributed by atoms with E-state index in [2.05, 4.69) is 5.32 Å². The lowest BCUT2D eigenvalue weighted by Gasteiger charge is -2.22. The van der Waals surface area contributed by atoms with Crippen molar-refractivity contribution in [3.63, 3.8) is 0 Å². The summed E-state index contributed by atoms with van der Waals surface area (Å²) in [7, 11) is 0. The number of ether oxygens (including phenoxy) is 1. The normalized spacial score (nSPS) is 27.9. The van der Waals surface area contributed by atoms with E-state index < -0.39 is 0 Å². The highest BCUT2D eigenvalue weighted by Gasteiger charge is 2.13. The van der Waals surface area contributed by atoms with Crippen molar-refractivity contribution in [2.75, 3.05) is 19.7 Å². The van der Waals surface area contributed by atoms with Crippen molar-refractivity contribution in [2.45, 2.75) is 13.0 Å². The fourth-order valence-corrected chi connectivity index (χ4v) is 0.978. The first-order chi connectivity index (χ1) is 4.30. The summed E-state index contributed by atoms with van der Waals surface area (Å²) in [5.41, 5.74) is 0. The van der Waals surface area contributed by atoms with Gasteiger partial charge in [-0.15, -0.1) is 0 Å². The van der Waals surface area contributed by atoms with Crippen molar-refractivity contribution >= 4 is 17.1 Å². The molecule has 0 spiro atoms. The van der Waals surface area contributed by atoms with Crippen LogP contribution in [0.4, 0.5) is 0 Å². The van der Waals surface area contributed by atoms with Crippen LogP contribution in [0.25, 0.3) is 0 Å². The maximum atomic E-state index is 5.34. The molecule has 1 unspecified atom stereocenters. The van der Waals surface area contributed by atoms with Gasteiger partial charge in [0.2, 0.25) is 0 Å². The van der Waals surface area contributed by atoms with E-state index in [1.54, 1.807) is 0 Å². The Kier molecular flexibility index (Phi) is 2.57. The molecule has 1 heterocycles. The van der Waals surface area contributed by atoms with Gasteiger partial charge >= 0.3 is 0 Å². The Morgan fingerprint density at radius 1 is 1.78 bits per heavy atom. The molecule has 52 valence electrons. The molecule has 1 aliphatic rings. The fraction of sp³-hybridized carbons (Fsp3) is 0.833. The zero-order valence-corrected chi connectivity index (χ0v) is 6.33. The molecular weight excluding hydrogens is 134 g/mol. The predicted octanol–water partition coefficient (Wildman–Crippen LogP) is 0.365. The van der Waals surface area contributed by atoms with Crippen LogP contribution in [0.3, 0.4) is 0 Å². The summed E-state index contributed by atoms with van der Waals surface area (Å²) >= 11 is 4.95. The molecule has 1 aliphatic heterocycles. The Hall–Kier alpha value is 0.0100. The highest BCUT2D eigenvalue weighted by atomic mass is 32.1. The van der Waals surface area contributed by atoms with Crippen LogP contribution in [0.5, 0.6) is 0 Å². The zero-order valence-electron chi connectivity index (χ0n) is 5.52. The number of morpholine rings is 1. The van der Waals surface area contributed by atoms with Crippen LogP contribution in [0.15, 0.2) is 0 Å². The molecule has 3 heteroatoms. The molecule has 9 heavy (non-hydrogen) atoms. The minimum atomic E-state index is 0.175. The highest BCUT2D eigenvalue weighted by Crippen LogP contribution is 1.97.